The molecule has 0 radical (unpaired) electrons. The zero-order valence-corrected chi connectivity index (χ0v) is 15.2. The number of benzene rings is 1. The maximum Gasteiger partial charge on any atom is 0.280 e. The second-order valence-electron chi connectivity index (χ2n) is 4.52. The number of phenols is 1. The van der Waals surface area contributed by atoms with Crippen molar-refractivity contribution in [1.82, 2.24) is 5.32 Å². The summed E-state index contributed by atoms with van der Waals surface area (Å²) in [6.45, 7) is 0.969. The van der Waals surface area contributed by atoms with Gasteiger partial charge in [0.15, 0.2) is 11.5 Å². The summed E-state index contributed by atoms with van der Waals surface area (Å²) in [5.41, 5.74) is 0.738. The molecule has 1 amide bonds. The zero-order valence-electron chi connectivity index (χ0n) is 13.4. The van der Waals surface area contributed by atoms with Gasteiger partial charge in [0.25, 0.3) is 6.57 Å². The Kier molecular flexibility index (Phi) is 8.23. The van der Waals surface area contributed by atoms with Crippen molar-refractivity contribution in [3.63, 3.8) is 0 Å². The topological polar surface area (TPSA) is 84.9 Å². The molecule has 128 valence electrons. The van der Waals surface area contributed by atoms with Crippen LogP contribution in [0.2, 0.25) is 0 Å². The van der Waals surface area contributed by atoms with Gasteiger partial charge in [-0.15, -0.1) is 0 Å². The lowest BCUT2D eigenvalue weighted by atomic mass is 10.2. The predicted molar refractivity (Wildman–Crippen MR) is 94.1 cm³/mol. The van der Waals surface area contributed by atoms with E-state index < -0.39 is 6.57 Å². The molecule has 0 fully saturated rings. The van der Waals surface area contributed by atoms with Crippen molar-refractivity contribution >= 4 is 29.9 Å². The summed E-state index contributed by atoms with van der Waals surface area (Å²) in [6, 6.07) is 4.84. The molecule has 0 bridgehead atoms. The van der Waals surface area contributed by atoms with Crippen molar-refractivity contribution in [3.8, 4) is 11.5 Å². The number of methoxy groups -OCH3 is 1. The Bertz CT molecular complexity index is 606. The fourth-order valence-corrected chi connectivity index (χ4v) is 5.11. The SMILES string of the molecule is CCOP(=O)(/C=C/c1ccc(O)c(OC)c1)SCCNC(C)=O. The molecule has 1 aromatic rings. The molecule has 2 N–H and O–H groups in total. The van der Waals surface area contributed by atoms with Gasteiger partial charge in [-0.05, 0) is 30.7 Å². The first-order valence-corrected chi connectivity index (χ1v) is 10.4. The standard InChI is InChI=1S/C15H22NO5PS/c1-4-21-22(19,23-10-8-16-12(2)17)9-7-13-5-6-14(18)15(11-13)20-3/h5-7,9,11,18H,4,8,10H2,1-3H3,(H,16,17)/b9-7+. The molecule has 0 aliphatic heterocycles. The minimum absolute atomic E-state index is 0.0438. The molecule has 0 aliphatic carbocycles. The van der Waals surface area contributed by atoms with E-state index in [2.05, 4.69) is 5.32 Å². The van der Waals surface area contributed by atoms with Crippen molar-refractivity contribution < 1.29 is 23.7 Å². The molecule has 0 heterocycles. The summed E-state index contributed by atoms with van der Waals surface area (Å²) in [7, 11) is 1.46. The highest BCUT2D eigenvalue weighted by atomic mass is 32.7. The average molecular weight is 359 g/mol. The number of ether oxygens (including phenoxy) is 1. The second-order valence-corrected chi connectivity index (χ2v) is 9.12. The van der Waals surface area contributed by atoms with Gasteiger partial charge in [-0.3, -0.25) is 9.36 Å². The highest BCUT2D eigenvalue weighted by molar-refractivity contribution is 8.57. The smallest absolute Gasteiger partial charge is 0.280 e. The van der Waals surface area contributed by atoms with E-state index in [1.54, 1.807) is 25.1 Å². The highest BCUT2D eigenvalue weighted by Gasteiger charge is 2.19. The van der Waals surface area contributed by atoms with Crippen LogP contribution in [-0.2, 0) is 13.9 Å². The second kappa shape index (κ2) is 9.65. The van der Waals surface area contributed by atoms with Crippen molar-refractivity contribution in [2.24, 2.45) is 0 Å². The van der Waals surface area contributed by atoms with Crippen LogP contribution in [0.15, 0.2) is 24.0 Å². The van der Waals surface area contributed by atoms with E-state index in [-0.39, 0.29) is 11.7 Å². The van der Waals surface area contributed by atoms with Crippen LogP contribution >= 0.6 is 18.0 Å². The van der Waals surface area contributed by atoms with E-state index in [4.69, 9.17) is 9.26 Å². The summed E-state index contributed by atoms with van der Waals surface area (Å²) in [6.07, 6.45) is 1.67. The lowest BCUT2D eigenvalue weighted by molar-refractivity contribution is -0.118. The Morgan fingerprint density at radius 3 is 2.83 bits per heavy atom. The van der Waals surface area contributed by atoms with Gasteiger partial charge in [0.1, 0.15) is 0 Å². The number of nitrogens with one attached hydrogen (secondary N) is 1. The number of hydrogen-bond acceptors (Lipinski definition) is 6. The number of carbonyl (C=O) groups is 1. The van der Waals surface area contributed by atoms with E-state index >= 15 is 0 Å². The molecule has 1 aromatic carbocycles. The lowest BCUT2D eigenvalue weighted by Crippen LogP contribution is -2.22. The highest BCUT2D eigenvalue weighted by Crippen LogP contribution is 2.61. The maximum atomic E-state index is 12.7. The van der Waals surface area contributed by atoms with E-state index in [1.165, 1.54) is 37.3 Å². The molecule has 0 aromatic heterocycles. The molecule has 1 unspecified atom stereocenters. The van der Waals surface area contributed by atoms with Gasteiger partial charge in [-0.1, -0.05) is 17.4 Å². The molecule has 0 aliphatic rings. The number of phenolic OH excluding ortho intramolecular Hbond substituents is 1. The van der Waals surface area contributed by atoms with E-state index in [0.717, 1.165) is 5.56 Å². The van der Waals surface area contributed by atoms with E-state index in [9.17, 15) is 14.5 Å². The number of rotatable bonds is 9. The predicted octanol–water partition coefficient (Wildman–Crippen LogP) is 3.47. The zero-order chi connectivity index (χ0) is 17.3. The molecular weight excluding hydrogens is 337 g/mol. The number of amides is 1. The number of hydrogen-bond donors (Lipinski definition) is 2. The summed E-state index contributed by atoms with van der Waals surface area (Å²) in [5, 5.41) is 12.2. The fourth-order valence-electron chi connectivity index (χ4n) is 1.68. The van der Waals surface area contributed by atoms with Gasteiger partial charge >= 0.3 is 0 Å². The fraction of sp³-hybridized carbons (Fsp3) is 0.400. The largest absolute Gasteiger partial charge is 0.504 e. The van der Waals surface area contributed by atoms with Crippen LogP contribution in [0.3, 0.4) is 0 Å². The Morgan fingerprint density at radius 1 is 1.48 bits per heavy atom. The Morgan fingerprint density at radius 2 is 2.22 bits per heavy atom. The van der Waals surface area contributed by atoms with E-state index in [1.807, 2.05) is 0 Å². The van der Waals surface area contributed by atoms with Gasteiger partial charge in [0.2, 0.25) is 5.91 Å². The van der Waals surface area contributed by atoms with Gasteiger partial charge < -0.3 is 19.7 Å². The quantitative estimate of drug-likeness (QED) is 0.519. The average Bonchev–Trinajstić information content (AvgIpc) is 2.51. The molecule has 8 heteroatoms. The molecule has 0 spiro atoms. The lowest BCUT2D eigenvalue weighted by Gasteiger charge is -2.13. The van der Waals surface area contributed by atoms with Crippen LogP contribution in [0, 0.1) is 0 Å². The third-order valence-corrected chi connectivity index (χ3v) is 6.90. The number of aromatic hydroxyl groups is 1. The minimum atomic E-state index is -3.00. The monoisotopic (exact) mass is 359 g/mol. The van der Waals surface area contributed by atoms with Crippen LogP contribution in [0.1, 0.15) is 19.4 Å². The minimum Gasteiger partial charge on any atom is -0.504 e. The van der Waals surface area contributed by atoms with Gasteiger partial charge in [0, 0.05) is 25.0 Å². The van der Waals surface area contributed by atoms with Gasteiger partial charge in [0.05, 0.1) is 13.7 Å². The van der Waals surface area contributed by atoms with Crippen LogP contribution in [0.4, 0.5) is 0 Å². The van der Waals surface area contributed by atoms with Crippen LogP contribution < -0.4 is 10.1 Å². The van der Waals surface area contributed by atoms with Gasteiger partial charge in [-0.25, -0.2) is 0 Å². The van der Waals surface area contributed by atoms with Crippen molar-refractivity contribution in [3.05, 3.63) is 29.6 Å². The van der Waals surface area contributed by atoms with Crippen molar-refractivity contribution in [2.45, 2.75) is 13.8 Å². The normalized spacial score (nSPS) is 13.7. The molecule has 0 saturated carbocycles. The Labute approximate surface area is 140 Å². The molecule has 1 rings (SSSR count). The van der Waals surface area contributed by atoms with Crippen LogP contribution in [0.25, 0.3) is 6.08 Å². The van der Waals surface area contributed by atoms with Crippen LogP contribution in [-0.4, -0.2) is 37.0 Å². The third-order valence-electron chi connectivity index (χ3n) is 2.71. The first-order chi connectivity index (χ1) is 10.9. The molecule has 6 nitrogen and oxygen atoms in total. The summed E-state index contributed by atoms with van der Waals surface area (Å²) >= 11 is 1.17. The Balaban J connectivity index is 2.76. The van der Waals surface area contributed by atoms with Gasteiger partial charge in [-0.2, -0.15) is 0 Å². The molecular formula is C15H22NO5PS. The molecule has 23 heavy (non-hydrogen) atoms. The number of carbonyl (C=O) groups excluding carboxylic acids is 1. The third kappa shape index (κ3) is 7.12. The van der Waals surface area contributed by atoms with Crippen LogP contribution in [0.5, 0.6) is 11.5 Å². The van der Waals surface area contributed by atoms with Crippen molar-refractivity contribution in [1.29, 1.82) is 0 Å². The molecule has 1 atom stereocenters. The summed E-state index contributed by atoms with van der Waals surface area (Å²) < 4.78 is 23.1. The maximum absolute atomic E-state index is 12.7. The van der Waals surface area contributed by atoms with Crippen molar-refractivity contribution in [2.75, 3.05) is 26.0 Å². The first-order valence-electron chi connectivity index (χ1n) is 7.09. The summed E-state index contributed by atoms with van der Waals surface area (Å²) in [5.74, 6) is 2.28. The summed E-state index contributed by atoms with van der Waals surface area (Å²) in [4.78, 5) is 10.8. The first kappa shape index (κ1) is 19.6. The Hall–Kier alpha value is -1.43. The van der Waals surface area contributed by atoms with E-state index in [0.29, 0.717) is 24.7 Å². The molecule has 0 saturated heterocycles.